The van der Waals surface area contributed by atoms with Crippen LogP contribution in [0.3, 0.4) is 0 Å². The quantitative estimate of drug-likeness (QED) is 0.615. The van der Waals surface area contributed by atoms with Crippen LogP contribution in [0.2, 0.25) is 0 Å². The first-order valence-electron chi connectivity index (χ1n) is 4.23. The van der Waals surface area contributed by atoms with Crippen LogP contribution >= 0.6 is 0 Å². The third-order valence-electron chi connectivity index (χ3n) is 2.19. The minimum atomic E-state index is -0.268. The van der Waals surface area contributed by atoms with Crippen LogP contribution in [-0.2, 0) is 9.53 Å². The molecular weight excluding hydrogens is 156 g/mol. The predicted molar refractivity (Wildman–Crippen MR) is 45.6 cm³/mol. The van der Waals surface area contributed by atoms with E-state index in [1.54, 1.807) is 0 Å². The van der Waals surface area contributed by atoms with Gasteiger partial charge in [0.15, 0.2) is 0 Å². The van der Waals surface area contributed by atoms with Gasteiger partial charge in [-0.25, -0.2) is 0 Å². The highest BCUT2D eigenvalue weighted by atomic mass is 16.5. The molecule has 1 rings (SSSR count). The lowest BCUT2D eigenvalue weighted by atomic mass is 10.2. The molecule has 0 spiro atoms. The number of morpholine rings is 1. The molecule has 4 heteroatoms. The van der Waals surface area contributed by atoms with Gasteiger partial charge >= 0.3 is 0 Å². The van der Waals surface area contributed by atoms with Crippen molar-refractivity contribution in [2.75, 3.05) is 19.8 Å². The molecular formula is C8H16N2O2. The van der Waals surface area contributed by atoms with Gasteiger partial charge in [-0.2, -0.15) is 0 Å². The molecule has 0 unspecified atom stereocenters. The van der Waals surface area contributed by atoms with Gasteiger partial charge in [-0.15, -0.1) is 0 Å². The van der Waals surface area contributed by atoms with Crippen LogP contribution in [0.5, 0.6) is 0 Å². The first kappa shape index (κ1) is 9.48. The Balaban J connectivity index is 2.50. The molecule has 0 aromatic carbocycles. The summed E-state index contributed by atoms with van der Waals surface area (Å²) in [4.78, 5) is 12.8. The van der Waals surface area contributed by atoms with E-state index >= 15 is 0 Å². The summed E-state index contributed by atoms with van der Waals surface area (Å²) in [6, 6.07) is 0.586. The van der Waals surface area contributed by atoms with Crippen LogP contribution in [0, 0.1) is 0 Å². The van der Waals surface area contributed by atoms with Crippen LogP contribution in [0.15, 0.2) is 0 Å². The zero-order valence-electron chi connectivity index (χ0n) is 7.62. The van der Waals surface area contributed by atoms with Crippen molar-refractivity contribution in [3.05, 3.63) is 0 Å². The van der Waals surface area contributed by atoms with E-state index in [4.69, 9.17) is 10.5 Å². The van der Waals surface area contributed by atoms with E-state index in [0.29, 0.717) is 31.8 Å². The number of carbonyl (C=O) groups excluding carboxylic acids is 1. The first-order chi connectivity index (χ1) is 5.61. The fraction of sp³-hybridized carbons (Fsp3) is 0.875. The molecule has 0 aromatic rings. The Bertz CT molecular complexity index is 162. The Kier molecular flexibility index (Phi) is 3.05. The molecule has 1 fully saturated rings. The zero-order chi connectivity index (χ0) is 9.14. The van der Waals surface area contributed by atoms with Gasteiger partial charge < -0.3 is 10.5 Å². The van der Waals surface area contributed by atoms with Crippen molar-refractivity contribution in [3.8, 4) is 0 Å². The van der Waals surface area contributed by atoms with Gasteiger partial charge in [0.25, 0.3) is 0 Å². The molecule has 1 heterocycles. The van der Waals surface area contributed by atoms with Crippen molar-refractivity contribution in [1.29, 1.82) is 0 Å². The number of nitrogens with zero attached hydrogens (tertiary/aromatic N) is 1. The molecule has 1 aliphatic rings. The number of primary amides is 1. The van der Waals surface area contributed by atoms with Crippen molar-refractivity contribution < 1.29 is 9.53 Å². The monoisotopic (exact) mass is 172 g/mol. The van der Waals surface area contributed by atoms with Crippen molar-refractivity contribution in [2.24, 2.45) is 5.73 Å². The summed E-state index contributed by atoms with van der Waals surface area (Å²) in [6.45, 7) is 5.80. The molecule has 1 saturated heterocycles. The summed E-state index contributed by atoms with van der Waals surface area (Å²) in [5.41, 5.74) is 5.13. The number of ether oxygens (including phenoxy) is 1. The van der Waals surface area contributed by atoms with Crippen LogP contribution < -0.4 is 5.73 Å². The minimum Gasteiger partial charge on any atom is -0.378 e. The third-order valence-corrected chi connectivity index (χ3v) is 2.19. The topological polar surface area (TPSA) is 55.6 Å². The highest BCUT2D eigenvalue weighted by Gasteiger charge is 2.25. The average Bonchev–Trinajstić information content (AvgIpc) is 1.97. The first-order valence-corrected chi connectivity index (χ1v) is 4.23. The maximum Gasteiger partial charge on any atom is 0.231 e. The number of carbonyl (C=O) groups is 1. The molecule has 0 aliphatic carbocycles. The summed E-state index contributed by atoms with van der Waals surface area (Å²) in [5, 5.41) is 0. The van der Waals surface area contributed by atoms with Crippen LogP contribution in [-0.4, -0.2) is 42.6 Å². The van der Waals surface area contributed by atoms with E-state index in [9.17, 15) is 4.79 Å². The molecule has 2 atom stereocenters. The van der Waals surface area contributed by atoms with E-state index in [-0.39, 0.29) is 5.91 Å². The van der Waals surface area contributed by atoms with Crippen LogP contribution in [0.4, 0.5) is 0 Å². The molecule has 4 nitrogen and oxygen atoms in total. The minimum absolute atomic E-state index is 0.268. The number of hydrogen-bond acceptors (Lipinski definition) is 3. The van der Waals surface area contributed by atoms with E-state index < -0.39 is 0 Å². The predicted octanol–water partition coefficient (Wildman–Crippen LogP) is -0.419. The Morgan fingerprint density at radius 1 is 1.50 bits per heavy atom. The normalized spacial score (nSPS) is 31.8. The second-order valence-corrected chi connectivity index (χ2v) is 3.37. The highest BCUT2D eigenvalue weighted by molar-refractivity contribution is 5.76. The van der Waals surface area contributed by atoms with Gasteiger partial charge in [-0.1, -0.05) is 0 Å². The van der Waals surface area contributed by atoms with E-state index in [2.05, 4.69) is 4.90 Å². The maximum absolute atomic E-state index is 10.7. The molecule has 12 heavy (non-hydrogen) atoms. The fourth-order valence-corrected chi connectivity index (χ4v) is 1.53. The molecule has 1 amide bonds. The number of rotatable bonds is 2. The van der Waals surface area contributed by atoms with Gasteiger partial charge in [0.2, 0.25) is 5.91 Å². The second-order valence-electron chi connectivity index (χ2n) is 3.37. The summed E-state index contributed by atoms with van der Waals surface area (Å²) < 4.78 is 5.31. The average molecular weight is 172 g/mol. The molecule has 0 radical (unpaired) electrons. The molecule has 0 aromatic heterocycles. The molecule has 70 valence electrons. The highest BCUT2D eigenvalue weighted by Crippen LogP contribution is 2.11. The Labute approximate surface area is 72.7 Å². The second kappa shape index (κ2) is 3.87. The zero-order valence-corrected chi connectivity index (χ0v) is 7.62. The van der Waals surface area contributed by atoms with E-state index in [0.717, 1.165) is 0 Å². The van der Waals surface area contributed by atoms with E-state index in [1.807, 2.05) is 13.8 Å². The number of amides is 1. The van der Waals surface area contributed by atoms with Gasteiger partial charge in [-0.05, 0) is 13.8 Å². The van der Waals surface area contributed by atoms with E-state index in [1.165, 1.54) is 0 Å². The maximum atomic E-state index is 10.7. The SMILES string of the molecule is C[C@@H]1COC[C@H](C)N1CC(N)=O. The third kappa shape index (κ3) is 2.19. The van der Waals surface area contributed by atoms with Gasteiger partial charge in [0.05, 0.1) is 19.8 Å². The van der Waals surface area contributed by atoms with Crippen molar-refractivity contribution in [1.82, 2.24) is 4.90 Å². The smallest absolute Gasteiger partial charge is 0.231 e. The standard InChI is InChI=1S/C8H16N2O2/c1-6-4-12-5-7(2)10(6)3-8(9)11/h6-7H,3-5H2,1-2H3,(H2,9,11)/t6-,7+. The lowest BCUT2D eigenvalue weighted by molar-refractivity contribution is -0.123. The largest absolute Gasteiger partial charge is 0.378 e. The van der Waals surface area contributed by atoms with Crippen molar-refractivity contribution >= 4 is 5.91 Å². The summed E-state index contributed by atoms with van der Waals surface area (Å²) >= 11 is 0. The summed E-state index contributed by atoms with van der Waals surface area (Å²) in [6.07, 6.45) is 0. The van der Waals surface area contributed by atoms with Gasteiger partial charge in [-0.3, -0.25) is 9.69 Å². The Hall–Kier alpha value is -0.610. The van der Waals surface area contributed by atoms with Gasteiger partial charge in [0, 0.05) is 12.1 Å². The number of nitrogens with two attached hydrogens (primary N) is 1. The molecule has 2 N–H and O–H groups in total. The molecule has 1 aliphatic heterocycles. The molecule has 0 bridgehead atoms. The van der Waals surface area contributed by atoms with Crippen LogP contribution in [0.25, 0.3) is 0 Å². The van der Waals surface area contributed by atoms with Gasteiger partial charge in [0.1, 0.15) is 0 Å². The van der Waals surface area contributed by atoms with Crippen LogP contribution in [0.1, 0.15) is 13.8 Å². The summed E-state index contributed by atoms with van der Waals surface area (Å²) in [7, 11) is 0. The molecule has 0 saturated carbocycles. The Morgan fingerprint density at radius 3 is 2.42 bits per heavy atom. The number of hydrogen-bond donors (Lipinski definition) is 1. The lowest BCUT2D eigenvalue weighted by Crippen LogP contribution is -2.52. The summed E-state index contributed by atoms with van der Waals surface area (Å²) in [5.74, 6) is -0.268. The van der Waals surface area contributed by atoms with Crippen molar-refractivity contribution in [2.45, 2.75) is 25.9 Å². The Morgan fingerprint density at radius 2 is 2.00 bits per heavy atom. The fourth-order valence-electron chi connectivity index (χ4n) is 1.53. The van der Waals surface area contributed by atoms with Crippen molar-refractivity contribution in [3.63, 3.8) is 0 Å². The lowest BCUT2D eigenvalue weighted by Gasteiger charge is -2.37.